The van der Waals surface area contributed by atoms with Gasteiger partial charge < -0.3 is 15.0 Å². The van der Waals surface area contributed by atoms with Crippen LogP contribution in [0.25, 0.3) is 0 Å². The molecule has 1 aromatic rings. The molecule has 0 aromatic heterocycles. The van der Waals surface area contributed by atoms with Gasteiger partial charge in [-0.05, 0) is 84.4 Å². The number of hydrogen-bond acceptors (Lipinski definition) is 5. The zero-order valence-electron chi connectivity index (χ0n) is 19.4. The quantitative estimate of drug-likeness (QED) is 0.675. The molecular formula is C23H38FN3O3S. The summed E-state index contributed by atoms with van der Waals surface area (Å²) >= 11 is 0. The normalized spacial score (nSPS) is 27.9. The van der Waals surface area contributed by atoms with Crippen LogP contribution in [0.15, 0.2) is 18.2 Å². The van der Waals surface area contributed by atoms with Gasteiger partial charge in [0.05, 0.1) is 28.3 Å². The van der Waals surface area contributed by atoms with Crippen LogP contribution in [-0.2, 0) is 14.8 Å². The highest BCUT2D eigenvalue weighted by molar-refractivity contribution is 7.90. The molecule has 1 saturated heterocycles. The first-order valence-electron chi connectivity index (χ1n) is 11.4. The molecule has 3 rings (SSSR count). The molecule has 6 nitrogen and oxygen atoms in total. The number of rotatable bonds is 6. The van der Waals surface area contributed by atoms with Crippen molar-refractivity contribution in [2.24, 2.45) is 5.92 Å². The molecule has 0 amide bonds. The van der Waals surface area contributed by atoms with Gasteiger partial charge in [0.1, 0.15) is 5.82 Å². The van der Waals surface area contributed by atoms with Gasteiger partial charge in [0.2, 0.25) is 10.0 Å². The summed E-state index contributed by atoms with van der Waals surface area (Å²) in [5.41, 5.74) is 1.83. The molecule has 2 fully saturated rings. The lowest BCUT2D eigenvalue weighted by Crippen LogP contribution is -2.46. The Morgan fingerprint density at radius 2 is 1.71 bits per heavy atom. The van der Waals surface area contributed by atoms with Crippen molar-refractivity contribution in [2.45, 2.75) is 83.3 Å². The molecule has 0 radical (unpaired) electrons. The summed E-state index contributed by atoms with van der Waals surface area (Å²) in [6, 6.07) is 4.93. The van der Waals surface area contributed by atoms with Gasteiger partial charge in [-0.15, -0.1) is 0 Å². The van der Waals surface area contributed by atoms with Gasteiger partial charge in [-0.1, -0.05) is 0 Å². The summed E-state index contributed by atoms with van der Waals surface area (Å²) in [5.74, 6) is 0.231. The van der Waals surface area contributed by atoms with Crippen LogP contribution in [-0.4, -0.2) is 51.0 Å². The summed E-state index contributed by atoms with van der Waals surface area (Å²) in [5, 5.41) is 3.54. The standard InChI is InChI=1S/C23H38FN3O3S/c1-16-14-27(15-17(2)30-16)22-12-19(24)8-11-21(22)25-13-18-6-9-20(10-7-18)26-31(28,29)23(3,4)5/h8,11-12,16-18,20,25-26H,6-7,9-10,13-15H2,1-5H3/t16-,17+,18-,20-. The Balaban J connectivity index is 1.57. The average Bonchev–Trinajstić information content (AvgIpc) is 2.66. The molecule has 2 aliphatic rings. The number of anilines is 2. The lowest BCUT2D eigenvalue weighted by molar-refractivity contribution is -0.00519. The molecular weight excluding hydrogens is 417 g/mol. The highest BCUT2D eigenvalue weighted by atomic mass is 32.2. The Bertz CT molecular complexity index is 838. The molecule has 2 N–H and O–H groups in total. The first kappa shape index (κ1) is 24.3. The number of benzene rings is 1. The summed E-state index contributed by atoms with van der Waals surface area (Å²) in [6.07, 6.45) is 3.82. The molecule has 0 spiro atoms. The van der Waals surface area contributed by atoms with E-state index in [0.29, 0.717) is 5.92 Å². The van der Waals surface area contributed by atoms with Crippen molar-refractivity contribution in [3.05, 3.63) is 24.0 Å². The van der Waals surface area contributed by atoms with Crippen molar-refractivity contribution >= 4 is 21.4 Å². The van der Waals surface area contributed by atoms with Crippen LogP contribution in [0.1, 0.15) is 60.3 Å². The molecule has 1 aliphatic carbocycles. The number of nitrogens with zero attached hydrogens (tertiary/aromatic N) is 1. The highest BCUT2D eigenvalue weighted by Gasteiger charge is 2.33. The number of halogens is 1. The van der Waals surface area contributed by atoms with E-state index in [9.17, 15) is 12.8 Å². The molecule has 1 aliphatic heterocycles. The molecule has 176 valence electrons. The van der Waals surface area contributed by atoms with Crippen LogP contribution < -0.4 is 14.9 Å². The van der Waals surface area contributed by atoms with Gasteiger partial charge in [-0.25, -0.2) is 17.5 Å². The largest absolute Gasteiger partial charge is 0.383 e. The van der Waals surface area contributed by atoms with E-state index in [-0.39, 0.29) is 24.1 Å². The van der Waals surface area contributed by atoms with Gasteiger partial charge in [-0.2, -0.15) is 0 Å². The minimum absolute atomic E-state index is 0.0122. The van der Waals surface area contributed by atoms with E-state index in [1.165, 1.54) is 6.07 Å². The fourth-order valence-corrected chi connectivity index (χ4v) is 5.45. The van der Waals surface area contributed by atoms with E-state index in [1.807, 2.05) is 19.9 Å². The van der Waals surface area contributed by atoms with Crippen LogP contribution in [0.4, 0.5) is 15.8 Å². The van der Waals surface area contributed by atoms with E-state index >= 15 is 0 Å². The van der Waals surface area contributed by atoms with Crippen LogP contribution in [0.5, 0.6) is 0 Å². The van der Waals surface area contributed by atoms with Gasteiger partial charge >= 0.3 is 0 Å². The monoisotopic (exact) mass is 455 g/mol. The van der Waals surface area contributed by atoms with Gasteiger partial charge in [-0.3, -0.25) is 0 Å². The van der Waals surface area contributed by atoms with Crippen molar-refractivity contribution in [3.8, 4) is 0 Å². The second kappa shape index (κ2) is 9.63. The van der Waals surface area contributed by atoms with E-state index < -0.39 is 14.8 Å². The third kappa shape index (κ3) is 6.33. The van der Waals surface area contributed by atoms with E-state index in [2.05, 4.69) is 14.9 Å². The lowest BCUT2D eigenvalue weighted by atomic mass is 9.86. The Hall–Kier alpha value is -1.38. The summed E-state index contributed by atoms with van der Waals surface area (Å²) in [6.45, 7) is 11.5. The highest BCUT2D eigenvalue weighted by Crippen LogP contribution is 2.32. The average molecular weight is 456 g/mol. The topological polar surface area (TPSA) is 70.7 Å². The maximum atomic E-state index is 14.0. The lowest BCUT2D eigenvalue weighted by Gasteiger charge is -2.38. The number of hydrogen-bond donors (Lipinski definition) is 2. The second-order valence-corrected chi connectivity index (χ2v) is 12.6. The van der Waals surface area contributed by atoms with Crippen LogP contribution >= 0.6 is 0 Å². The van der Waals surface area contributed by atoms with Crippen molar-refractivity contribution in [3.63, 3.8) is 0 Å². The number of sulfonamides is 1. The maximum Gasteiger partial charge on any atom is 0.216 e. The Morgan fingerprint density at radius 3 is 2.29 bits per heavy atom. The minimum Gasteiger partial charge on any atom is -0.383 e. The van der Waals surface area contributed by atoms with Crippen molar-refractivity contribution in [2.75, 3.05) is 29.9 Å². The SMILES string of the molecule is C[C@@H]1CN(c2cc(F)ccc2NC[C@H]2CC[C@H](NS(=O)(=O)C(C)(C)C)CC2)C[C@H](C)O1. The molecule has 2 atom stereocenters. The molecule has 0 bridgehead atoms. The van der Waals surface area contributed by atoms with Gasteiger partial charge in [0.15, 0.2) is 0 Å². The summed E-state index contributed by atoms with van der Waals surface area (Å²) in [7, 11) is -3.32. The zero-order chi connectivity index (χ0) is 22.8. The molecule has 1 heterocycles. The first-order chi connectivity index (χ1) is 14.4. The first-order valence-corrected chi connectivity index (χ1v) is 12.9. The van der Waals surface area contributed by atoms with Gasteiger partial charge in [0, 0.05) is 25.7 Å². The summed E-state index contributed by atoms with van der Waals surface area (Å²) in [4.78, 5) is 2.20. The van der Waals surface area contributed by atoms with Crippen LogP contribution in [0.3, 0.4) is 0 Å². The fraction of sp³-hybridized carbons (Fsp3) is 0.739. The Morgan fingerprint density at radius 1 is 1.10 bits per heavy atom. The fourth-order valence-electron chi connectivity index (χ4n) is 4.43. The number of nitrogens with one attached hydrogen (secondary N) is 2. The second-order valence-electron chi connectivity index (χ2n) is 10.2. The molecule has 31 heavy (non-hydrogen) atoms. The number of ether oxygens (including phenoxy) is 1. The number of morpholine rings is 1. The molecule has 0 unspecified atom stereocenters. The Labute approximate surface area is 187 Å². The minimum atomic E-state index is -3.32. The molecule has 1 saturated carbocycles. The zero-order valence-corrected chi connectivity index (χ0v) is 20.3. The maximum absolute atomic E-state index is 14.0. The third-order valence-electron chi connectivity index (χ3n) is 6.28. The molecule has 1 aromatic carbocycles. The third-order valence-corrected chi connectivity index (χ3v) is 8.53. The Kier molecular flexibility index (Phi) is 7.54. The summed E-state index contributed by atoms with van der Waals surface area (Å²) < 4.78 is 46.7. The smallest absolute Gasteiger partial charge is 0.216 e. The van der Waals surface area contributed by atoms with Crippen molar-refractivity contribution in [1.29, 1.82) is 0 Å². The van der Waals surface area contributed by atoms with Gasteiger partial charge in [0.25, 0.3) is 0 Å². The van der Waals surface area contributed by atoms with E-state index in [4.69, 9.17) is 4.74 Å². The van der Waals surface area contributed by atoms with Crippen LogP contribution in [0.2, 0.25) is 0 Å². The molecule has 8 heteroatoms. The van der Waals surface area contributed by atoms with E-state index in [0.717, 1.165) is 56.7 Å². The van der Waals surface area contributed by atoms with Crippen LogP contribution in [0, 0.1) is 11.7 Å². The van der Waals surface area contributed by atoms with E-state index in [1.54, 1.807) is 26.8 Å². The van der Waals surface area contributed by atoms with Crippen molar-refractivity contribution in [1.82, 2.24) is 4.72 Å². The predicted octanol–water partition coefficient (Wildman–Crippen LogP) is 4.13. The van der Waals surface area contributed by atoms with Crippen molar-refractivity contribution < 1.29 is 17.5 Å². The predicted molar refractivity (Wildman–Crippen MR) is 125 cm³/mol.